The van der Waals surface area contributed by atoms with Crippen molar-refractivity contribution in [3.63, 3.8) is 0 Å². The lowest BCUT2D eigenvalue weighted by Gasteiger charge is -2.37. The highest BCUT2D eigenvalue weighted by Crippen LogP contribution is 2.31. The second-order valence-electron chi connectivity index (χ2n) is 7.79. The van der Waals surface area contributed by atoms with Crippen LogP contribution in [0.2, 0.25) is 0 Å². The molecule has 2 aromatic carbocycles. The van der Waals surface area contributed by atoms with E-state index >= 15 is 0 Å². The second kappa shape index (κ2) is 7.79. The maximum Gasteiger partial charge on any atom is 0.329 e. The number of methoxy groups -OCH3 is 1. The molecular weight excluding hydrogens is 396 g/mol. The highest BCUT2D eigenvalue weighted by molar-refractivity contribution is 6.20. The standard InChI is InChI=1S/C23H24N4O4/c1-13-5-8-15(9-6-13)27-22(29)20-19(25-23(27)30)16(12-26(20)3)21(28)24-17-11-14(2)7-10-18(17)31-4/h5-12,19-20H,1-4H3,(H,24,28)(H,25,30). The number of hydrogen-bond acceptors (Lipinski definition) is 5. The molecule has 2 N–H and O–H groups in total. The third kappa shape index (κ3) is 3.61. The van der Waals surface area contributed by atoms with Crippen molar-refractivity contribution in [1.29, 1.82) is 0 Å². The Labute approximate surface area is 180 Å². The molecular formula is C23H24N4O4. The summed E-state index contributed by atoms with van der Waals surface area (Å²) in [7, 11) is 3.24. The first-order chi connectivity index (χ1) is 14.8. The number of rotatable bonds is 4. The van der Waals surface area contributed by atoms with Crippen LogP contribution in [0.4, 0.5) is 16.2 Å². The van der Waals surface area contributed by atoms with Crippen LogP contribution in [-0.4, -0.2) is 49.0 Å². The van der Waals surface area contributed by atoms with Crippen molar-refractivity contribution in [2.45, 2.75) is 25.9 Å². The lowest BCUT2D eigenvalue weighted by Crippen LogP contribution is -2.65. The van der Waals surface area contributed by atoms with E-state index in [0.29, 0.717) is 22.7 Å². The maximum atomic E-state index is 13.2. The van der Waals surface area contributed by atoms with Crippen molar-refractivity contribution in [2.75, 3.05) is 24.4 Å². The first-order valence-corrected chi connectivity index (χ1v) is 9.91. The molecule has 0 bridgehead atoms. The topological polar surface area (TPSA) is 91.0 Å². The molecule has 0 spiro atoms. The molecule has 2 unspecified atom stereocenters. The van der Waals surface area contributed by atoms with Crippen LogP contribution in [0.25, 0.3) is 0 Å². The SMILES string of the molecule is COc1ccc(C)cc1NC(=O)C1=CN(C)C2C(=O)N(c3ccc(C)cc3)C(=O)NC12. The average Bonchev–Trinajstić information content (AvgIpc) is 3.06. The molecule has 4 rings (SSSR count). The molecule has 0 aromatic heterocycles. The van der Waals surface area contributed by atoms with Gasteiger partial charge in [-0.25, -0.2) is 9.69 Å². The number of imide groups is 1. The summed E-state index contributed by atoms with van der Waals surface area (Å²) in [6.07, 6.45) is 1.60. The molecule has 2 aliphatic heterocycles. The zero-order chi connectivity index (χ0) is 22.3. The molecule has 31 heavy (non-hydrogen) atoms. The minimum absolute atomic E-state index is 0.307. The second-order valence-corrected chi connectivity index (χ2v) is 7.79. The Morgan fingerprint density at radius 3 is 2.42 bits per heavy atom. The monoisotopic (exact) mass is 420 g/mol. The van der Waals surface area contributed by atoms with Gasteiger partial charge in [0.05, 0.1) is 30.1 Å². The molecule has 2 atom stereocenters. The summed E-state index contributed by atoms with van der Waals surface area (Å²) >= 11 is 0. The van der Waals surface area contributed by atoms with Gasteiger partial charge in [-0.2, -0.15) is 0 Å². The largest absolute Gasteiger partial charge is 0.495 e. The minimum Gasteiger partial charge on any atom is -0.495 e. The lowest BCUT2D eigenvalue weighted by molar-refractivity contribution is -0.122. The van der Waals surface area contributed by atoms with Crippen molar-refractivity contribution in [3.05, 3.63) is 65.4 Å². The zero-order valence-corrected chi connectivity index (χ0v) is 17.8. The number of nitrogens with zero attached hydrogens (tertiary/aromatic N) is 2. The maximum absolute atomic E-state index is 13.2. The number of carbonyl (C=O) groups is 3. The van der Waals surface area contributed by atoms with Crippen molar-refractivity contribution < 1.29 is 19.1 Å². The van der Waals surface area contributed by atoms with E-state index in [2.05, 4.69) is 10.6 Å². The van der Waals surface area contributed by atoms with Gasteiger partial charge in [0.15, 0.2) is 0 Å². The number of likely N-dealkylation sites (N-methyl/N-ethyl adjacent to an activating group) is 1. The summed E-state index contributed by atoms with van der Waals surface area (Å²) in [6.45, 7) is 3.84. The molecule has 1 fully saturated rings. The van der Waals surface area contributed by atoms with Crippen LogP contribution < -0.4 is 20.3 Å². The van der Waals surface area contributed by atoms with Crippen LogP contribution in [0.15, 0.2) is 54.2 Å². The lowest BCUT2D eigenvalue weighted by atomic mass is 9.98. The van der Waals surface area contributed by atoms with E-state index in [9.17, 15) is 14.4 Å². The summed E-state index contributed by atoms with van der Waals surface area (Å²) in [5.41, 5.74) is 3.30. The Hall–Kier alpha value is -3.81. The highest BCUT2D eigenvalue weighted by Gasteiger charge is 2.49. The molecule has 0 radical (unpaired) electrons. The average molecular weight is 420 g/mol. The number of benzene rings is 2. The molecule has 0 aliphatic carbocycles. The van der Waals surface area contributed by atoms with Crippen molar-refractivity contribution >= 4 is 29.2 Å². The first-order valence-electron chi connectivity index (χ1n) is 9.91. The third-order valence-electron chi connectivity index (χ3n) is 5.55. The summed E-state index contributed by atoms with van der Waals surface area (Å²) in [5, 5.41) is 5.66. The Morgan fingerprint density at radius 1 is 1.06 bits per heavy atom. The molecule has 2 heterocycles. The van der Waals surface area contributed by atoms with Gasteiger partial charge < -0.3 is 20.3 Å². The van der Waals surface area contributed by atoms with E-state index in [4.69, 9.17) is 4.74 Å². The Balaban J connectivity index is 1.58. The summed E-state index contributed by atoms with van der Waals surface area (Å²) in [5.74, 6) is -0.260. The number of amides is 4. The molecule has 1 saturated heterocycles. The summed E-state index contributed by atoms with van der Waals surface area (Å²) in [6, 6.07) is 10.6. The number of fused-ring (bicyclic) bond motifs is 1. The first kappa shape index (κ1) is 20.5. The van der Waals surface area contributed by atoms with E-state index in [1.165, 1.54) is 7.11 Å². The predicted molar refractivity (Wildman–Crippen MR) is 117 cm³/mol. The van der Waals surface area contributed by atoms with Gasteiger partial charge in [0, 0.05) is 13.2 Å². The molecule has 2 aliphatic rings. The minimum atomic E-state index is -0.748. The number of carbonyl (C=O) groups excluding carboxylic acids is 3. The van der Waals surface area contributed by atoms with E-state index in [1.54, 1.807) is 42.4 Å². The van der Waals surface area contributed by atoms with Crippen LogP contribution in [0.5, 0.6) is 5.75 Å². The smallest absolute Gasteiger partial charge is 0.329 e. The molecule has 2 aromatic rings. The van der Waals surface area contributed by atoms with Gasteiger partial charge >= 0.3 is 6.03 Å². The summed E-state index contributed by atoms with van der Waals surface area (Å²) < 4.78 is 5.32. The van der Waals surface area contributed by atoms with E-state index in [0.717, 1.165) is 16.0 Å². The van der Waals surface area contributed by atoms with Gasteiger partial charge in [0.1, 0.15) is 11.8 Å². The van der Waals surface area contributed by atoms with Gasteiger partial charge in [0.25, 0.3) is 11.8 Å². The van der Waals surface area contributed by atoms with Gasteiger partial charge in [-0.15, -0.1) is 0 Å². The van der Waals surface area contributed by atoms with Gasteiger partial charge in [-0.1, -0.05) is 23.8 Å². The molecule has 0 saturated carbocycles. The zero-order valence-electron chi connectivity index (χ0n) is 17.8. The van der Waals surface area contributed by atoms with Gasteiger partial charge in [0.2, 0.25) is 0 Å². The van der Waals surface area contributed by atoms with Gasteiger partial charge in [-0.05, 0) is 43.7 Å². The van der Waals surface area contributed by atoms with Crippen LogP contribution in [-0.2, 0) is 9.59 Å². The number of anilines is 2. The Bertz CT molecular complexity index is 1090. The highest BCUT2D eigenvalue weighted by atomic mass is 16.5. The van der Waals surface area contributed by atoms with Crippen LogP contribution in [0.1, 0.15) is 11.1 Å². The quantitative estimate of drug-likeness (QED) is 0.793. The van der Waals surface area contributed by atoms with Crippen LogP contribution in [0.3, 0.4) is 0 Å². The van der Waals surface area contributed by atoms with Gasteiger partial charge in [-0.3, -0.25) is 9.59 Å². The molecule has 8 heteroatoms. The number of ether oxygens (including phenoxy) is 1. The van der Waals surface area contributed by atoms with Crippen LogP contribution >= 0.6 is 0 Å². The number of aryl methyl sites for hydroxylation is 2. The Morgan fingerprint density at radius 2 is 1.74 bits per heavy atom. The molecule has 8 nitrogen and oxygen atoms in total. The molecule has 4 amide bonds. The fourth-order valence-electron chi connectivity index (χ4n) is 3.94. The molecule has 160 valence electrons. The fourth-order valence-corrected chi connectivity index (χ4v) is 3.94. The predicted octanol–water partition coefficient (Wildman–Crippen LogP) is 2.57. The summed E-state index contributed by atoms with van der Waals surface area (Å²) in [4.78, 5) is 41.9. The number of urea groups is 1. The van der Waals surface area contributed by atoms with Crippen molar-refractivity contribution in [3.8, 4) is 5.75 Å². The normalized spacial score (nSPS) is 20.2. The van der Waals surface area contributed by atoms with Crippen molar-refractivity contribution in [1.82, 2.24) is 10.2 Å². The van der Waals surface area contributed by atoms with E-state index in [1.807, 2.05) is 32.0 Å². The number of nitrogens with one attached hydrogen (secondary N) is 2. The van der Waals surface area contributed by atoms with Crippen LogP contribution in [0, 0.1) is 13.8 Å². The van der Waals surface area contributed by atoms with Crippen molar-refractivity contribution in [2.24, 2.45) is 0 Å². The number of hydrogen-bond donors (Lipinski definition) is 2. The Kier molecular flexibility index (Phi) is 5.14. The third-order valence-corrected chi connectivity index (χ3v) is 5.55. The van der Waals surface area contributed by atoms with E-state index < -0.39 is 24.0 Å². The van der Waals surface area contributed by atoms with E-state index in [-0.39, 0.29) is 5.91 Å². The fraction of sp³-hybridized carbons (Fsp3) is 0.261.